The quantitative estimate of drug-likeness (QED) is 0.383. The van der Waals surface area contributed by atoms with E-state index in [1.807, 2.05) is 0 Å². The average molecular weight is 304 g/mol. The Kier molecular flexibility index (Phi) is 5.09. The molecule has 0 aliphatic rings. The van der Waals surface area contributed by atoms with E-state index in [0.29, 0.717) is 23.0 Å². The number of hydrazine groups is 1. The maximum atomic E-state index is 11.5. The number of carbonyl (C=O) groups excluding carboxylic acids is 1. The van der Waals surface area contributed by atoms with Crippen molar-refractivity contribution in [1.29, 1.82) is 0 Å². The molecule has 1 heterocycles. The largest absolute Gasteiger partial charge is 0.465 e. The molecule has 2 aromatic rings. The highest BCUT2D eigenvalue weighted by Crippen LogP contribution is 2.26. The van der Waals surface area contributed by atoms with Crippen molar-refractivity contribution in [2.24, 2.45) is 5.84 Å². The van der Waals surface area contributed by atoms with E-state index in [4.69, 9.17) is 10.3 Å². The predicted molar refractivity (Wildman–Crippen MR) is 85.2 cm³/mol. The van der Waals surface area contributed by atoms with Crippen molar-refractivity contribution in [3.8, 4) is 0 Å². The van der Waals surface area contributed by atoms with Gasteiger partial charge in [-0.1, -0.05) is 26.0 Å². The third-order valence-electron chi connectivity index (χ3n) is 3.27. The van der Waals surface area contributed by atoms with E-state index in [0.717, 1.165) is 5.76 Å². The van der Waals surface area contributed by atoms with Gasteiger partial charge in [0.25, 0.3) is 5.91 Å². The first kappa shape index (κ1) is 15.7. The molecular weight excluding hydrogens is 284 g/mol. The minimum atomic E-state index is -0.325. The number of benzene rings is 1. The molecule has 1 aromatic carbocycles. The van der Waals surface area contributed by atoms with Crippen LogP contribution in [0.15, 0.2) is 39.6 Å². The Hall–Kier alpha value is -1.72. The summed E-state index contributed by atoms with van der Waals surface area (Å²) in [5.74, 6) is 7.38. The summed E-state index contributed by atoms with van der Waals surface area (Å²) in [6, 6.07) is 10.3. The van der Waals surface area contributed by atoms with Gasteiger partial charge in [-0.2, -0.15) is 0 Å². The highest BCUT2D eigenvalue weighted by Gasteiger charge is 2.14. The van der Waals surface area contributed by atoms with Crippen LogP contribution in [0.5, 0.6) is 0 Å². The van der Waals surface area contributed by atoms with E-state index in [2.05, 4.69) is 43.5 Å². The number of thioether (sulfide) groups is 1. The van der Waals surface area contributed by atoms with Crippen LogP contribution >= 0.6 is 11.8 Å². The lowest BCUT2D eigenvalue weighted by atomic mass is 10.0. The number of nitrogens with two attached hydrogens (primary N) is 1. The Morgan fingerprint density at radius 2 is 2.00 bits per heavy atom. The predicted octanol–water partition coefficient (Wildman–Crippen LogP) is 3.61. The first-order chi connectivity index (χ1) is 10.0. The molecule has 0 saturated heterocycles. The van der Waals surface area contributed by atoms with Crippen LogP contribution in [0.25, 0.3) is 0 Å². The van der Waals surface area contributed by atoms with Crippen molar-refractivity contribution < 1.29 is 9.21 Å². The normalized spacial score (nSPS) is 10.9. The van der Waals surface area contributed by atoms with Crippen molar-refractivity contribution in [3.05, 3.63) is 53.0 Å². The number of aryl methyl sites for hydroxylation is 1. The molecule has 112 valence electrons. The van der Waals surface area contributed by atoms with E-state index in [9.17, 15) is 4.79 Å². The summed E-state index contributed by atoms with van der Waals surface area (Å²) in [7, 11) is 0. The third-order valence-corrected chi connectivity index (χ3v) is 4.31. The van der Waals surface area contributed by atoms with Crippen LogP contribution < -0.4 is 11.3 Å². The minimum absolute atomic E-state index is 0.325. The van der Waals surface area contributed by atoms with Gasteiger partial charge in [0.1, 0.15) is 11.5 Å². The first-order valence-corrected chi connectivity index (χ1v) is 7.83. The molecular formula is C16H20N2O2S. The molecule has 2 rings (SSSR count). The first-order valence-electron chi connectivity index (χ1n) is 6.84. The molecule has 3 N–H and O–H groups in total. The second kappa shape index (κ2) is 6.83. The summed E-state index contributed by atoms with van der Waals surface area (Å²) in [5, 5.41) is 0. The van der Waals surface area contributed by atoms with E-state index in [-0.39, 0.29) is 5.91 Å². The number of carbonyl (C=O) groups is 1. The molecule has 0 fully saturated rings. The van der Waals surface area contributed by atoms with E-state index in [1.54, 1.807) is 24.8 Å². The smallest absolute Gasteiger partial charge is 0.268 e. The number of rotatable bonds is 5. The van der Waals surface area contributed by atoms with Crippen LogP contribution in [-0.4, -0.2) is 5.91 Å². The second-order valence-electron chi connectivity index (χ2n) is 5.17. The zero-order valence-electron chi connectivity index (χ0n) is 12.5. The molecule has 0 aliphatic carbocycles. The lowest BCUT2D eigenvalue weighted by Gasteiger charge is -2.06. The summed E-state index contributed by atoms with van der Waals surface area (Å²) >= 11 is 1.68. The summed E-state index contributed by atoms with van der Waals surface area (Å²) in [6.45, 7) is 6.12. The molecule has 0 aliphatic heterocycles. The Labute approximate surface area is 129 Å². The van der Waals surface area contributed by atoms with Gasteiger partial charge in [0.2, 0.25) is 0 Å². The summed E-state index contributed by atoms with van der Waals surface area (Å²) in [6.07, 6.45) is 0. The fourth-order valence-corrected chi connectivity index (χ4v) is 2.80. The van der Waals surface area contributed by atoms with Crippen molar-refractivity contribution in [3.63, 3.8) is 0 Å². The molecule has 4 nitrogen and oxygen atoms in total. The van der Waals surface area contributed by atoms with Gasteiger partial charge in [-0.3, -0.25) is 10.2 Å². The fourth-order valence-electron chi connectivity index (χ4n) is 2.02. The van der Waals surface area contributed by atoms with Gasteiger partial charge >= 0.3 is 0 Å². The Morgan fingerprint density at radius 1 is 1.33 bits per heavy atom. The molecule has 0 bridgehead atoms. The summed E-state index contributed by atoms with van der Waals surface area (Å²) < 4.78 is 5.58. The Morgan fingerprint density at radius 3 is 2.57 bits per heavy atom. The summed E-state index contributed by atoms with van der Waals surface area (Å²) in [4.78, 5) is 12.7. The van der Waals surface area contributed by atoms with Crippen LogP contribution in [-0.2, 0) is 5.75 Å². The monoisotopic (exact) mass is 304 g/mol. The number of furan rings is 1. The molecule has 1 amide bonds. The SMILES string of the molecule is Cc1oc(CSc2ccc(C(C)C)cc2)cc1C(=O)NN. The van der Waals surface area contributed by atoms with Gasteiger partial charge in [0.05, 0.1) is 11.3 Å². The zero-order chi connectivity index (χ0) is 15.4. The van der Waals surface area contributed by atoms with Crippen molar-refractivity contribution in [1.82, 2.24) is 5.43 Å². The average Bonchev–Trinajstić information content (AvgIpc) is 2.86. The van der Waals surface area contributed by atoms with Crippen LogP contribution in [0, 0.1) is 6.92 Å². The molecule has 0 saturated carbocycles. The molecule has 0 spiro atoms. The molecule has 0 unspecified atom stereocenters. The van der Waals surface area contributed by atoms with Crippen molar-refractivity contribution in [2.75, 3.05) is 0 Å². The number of hydrogen-bond acceptors (Lipinski definition) is 4. The highest BCUT2D eigenvalue weighted by molar-refractivity contribution is 7.98. The third kappa shape index (κ3) is 3.89. The van der Waals surface area contributed by atoms with Crippen LogP contribution in [0.1, 0.15) is 47.2 Å². The fraction of sp³-hybridized carbons (Fsp3) is 0.312. The van der Waals surface area contributed by atoms with Crippen molar-refractivity contribution >= 4 is 17.7 Å². The zero-order valence-corrected chi connectivity index (χ0v) is 13.3. The lowest BCUT2D eigenvalue weighted by Crippen LogP contribution is -2.30. The molecule has 0 radical (unpaired) electrons. The number of hydrogen-bond donors (Lipinski definition) is 2. The van der Waals surface area contributed by atoms with Crippen LogP contribution in [0.4, 0.5) is 0 Å². The van der Waals surface area contributed by atoms with Gasteiger partial charge in [-0.05, 0) is 36.6 Å². The Bertz CT molecular complexity index is 618. The second-order valence-corrected chi connectivity index (χ2v) is 6.22. The molecule has 21 heavy (non-hydrogen) atoms. The van der Waals surface area contributed by atoms with Gasteiger partial charge < -0.3 is 4.42 Å². The molecule has 1 aromatic heterocycles. The standard InChI is InChI=1S/C16H20N2O2S/c1-10(2)12-4-6-14(7-5-12)21-9-13-8-15(11(3)20-13)16(19)18-17/h4-8,10H,9,17H2,1-3H3,(H,18,19). The minimum Gasteiger partial charge on any atom is -0.465 e. The van der Waals surface area contributed by atoms with Crippen molar-refractivity contribution in [2.45, 2.75) is 37.3 Å². The van der Waals surface area contributed by atoms with E-state index in [1.165, 1.54) is 10.5 Å². The summed E-state index contributed by atoms with van der Waals surface area (Å²) in [5.41, 5.74) is 3.94. The number of nitrogens with one attached hydrogen (secondary N) is 1. The van der Waals surface area contributed by atoms with Gasteiger partial charge in [-0.15, -0.1) is 11.8 Å². The number of amides is 1. The maximum Gasteiger partial charge on any atom is 0.268 e. The maximum absolute atomic E-state index is 11.5. The van der Waals surface area contributed by atoms with Gasteiger partial charge in [0, 0.05) is 4.90 Å². The van der Waals surface area contributed by atoms with E-state index >= 15 is 0 Å². The van der Waals surface area contributed by atoms with E-state index < -0.39 is 0 Å². The lowest BCUT2D eigenvalue weighted by molar-refractivity contribution is 0.0952. The molecule has 0 atom stereocenters. The van der Waals surface area contributed by atoms with Gasteiger partial charge in [-0.25, -0.2) is 5.84 Å². The molecule has 5 heteroatoms. The topological polar surface area (TPSA) is 68.3 Å². The van der Waals surface area contributed by atoms with Crippen LogP contribution in [0.2, 0.25) is 0 Å². The van der Waals surface area contributed by atoms with Gasteiger partial charge in [0.15, 0.2) is 0 Å². The number of nitrogen functional groups attached to an aromatic ring is 1. The van der Waals surface area contributed by atoms with Crippen LogP contribution in [0.3, 0.4) is 0 Å². The Balaban J connectivity index is 2.01. The highest BCUT2D eigenvalue weighted by atomic mass is 32.2.